The molecule has 0 spiro atoms. The lowest BCUT2D eigenvalue weighted by atomic mass is 9.75. The summed E-state index contributed by atoms with van der Waals surface area (Å²) in [6, 6.07) is 3.98. The molecule has 0 radical (unpaired) electrons. The highest BCUT2D eigenvalue weighted by Gasteiger charge is 2.54. The average molecular weight is 348 g/mol. The van der Waals surface area contributed by atoms with E-state index < -0.39 is 5.41 Å². The number of furan rings is 1. The summed E-state index contributed by atoms with van der Waals surface area (Å²) >= 11 is 0. The standard InChI is InChI=1S/C19H28N2O4/c1-4-24-18(23)19-8-5-9-20(12-17-7-6-14(2)25-17)10-16(19)11-21(13-19)15(3)22/h6-7,16H,4-5,8-13H2,1-3H3/t16-,19-/m1/s1. The fourth-order valence-corrected chi connectivity index (χ4v) is 4.29. The summed E-state index contributed by atoms with van der Waals surface area (Å²) in [5.41, 5.74) is -0.560. The van der Waals surface area contributed by atoms with E-state index >= 15 is 0 Å². The van der Waals surface area contributed by atoms with Crippen LogP contribution in [0, 0.1) is 18.3 Å². The number of amides is 1. The maximum absolute atomic E-state index is 12.8. The van der Waals surface area contributed by atoms with Gasteiger partial charge in [-0.15, -0.1) is 0 Å². The molecule has 2 atom stereocenters. The monoisotopic (exact) mass is 348 g/mol. The van der Waals surface area contributed by atoms with Crippen LogP contribution in [0.2, 0.25) is 0 Å². The Morgan fingerprint density at radius 2 is 2.16 bits per heavy atom. The third kappa shape index (κ3) is 3.59. The molecule has 0 saturated carbocycles. The van der Waals surface area contributed by atoms with Gasteiger partial charge in [0.25, 0.3) is 0 Å². The Kier molecular flexibility index (Phi) is 5.18. The zero-order chi connectivity index (χ0) is 18.0. The number of carbonyl (C=O) groups is 2. The molecular weight excluding hydrogens is 320 g/mol. The van der Waals surface area contributed by atoms with Gasteiger partial charge in [-0.1, -0.05) is 0 Å². The molecule has 138 valence electrons. The molecule has 3 rings (SSSR count). The number of ether oxygens (including phenoxy) is 1. The van der Waals surface area contributed by atoms with Gasteiger partial charge in [-0.05, 0) is 45.4 Å². The number of hydrogen-bond donors (Lipinski definition) is 0. The van der Waals surface area contributed by atoms with E-state index in [1.54, 1.807) is 6.92 Å². The van der Waals surface area contributed by atoms with E-state index in [9.17, 15) is 9.59 Å². The number of carbonyl (C=O) groups excluding carboxylic acids is 2. The van der Waals surface area contributed by atoms with Crippen LogP contribution in [0.15, 0.2) is 16.5 Å². The van der Waals surface area contributed by atoms with E-state index in [4.69, 9.17) is 9.15 Å². The largest absolute Gasteiger partial charge is 0.466 e. The average Bonchev–Trinajstić information content (AvgIpc) is 3.08. The highest BCUT2D eigenvalue weighted by molar-refractivity contribution is 5.81. The molecule has 0 N–H and O–H groups in total. The first-order valence-electron chi connectivity index (χ1n) is 9.15. The molecule has 2 fully saturated rings. The van der Waals surface area contributed by atoms with Gasteiger partial charge in [0.1, 0.15) is 11.5 Å². The molecule has 2 saturated heterocycles. The molecule has 3 heterocycles. The zero-order valence-corrected chi connectivity index (χ0v) is 15.4. The van der Waals surface area contributed by atoms with Crippen LogP contribution in [0.4, 0.5) is 0 Å². The van der Waals surface area contributed by atoms with Gasteiger partial charge in [0.2, 0.25) is 5.91 Å². The van der Waals surface area contributed by atoms with Gasteiger partial charge in [-0.3, -0.25) is 14.5 Å². The topological polar surface area (TPSA) is 63.0 Å². The Bertz CT molecular complexity index is 641. The van der Waals surface area contributed by atoms with Gasteiger partial charge in [0.05, 0.1) is 18.6 Å². The first kappa shape index (κ1) is 18.0. The van der Waals surface area contributed by atoms with Crippen molar-refractivity contribution in [2.24, 2.45) is 11.3 Å². The molecule has 0 bridgehead atoms. The minimum Gasteiger partial charge on any atom is -0.466 e. The molecule has 2 aliphatic rings. The van der Waals surface area contributed by atoms with Crippen LogP contribution in [0.1, 0.15) is 38.2 Å². The van der Waals surface area contributed by atoms with Crippen LogP contribution in [-0.4, -0.2) is 54.5 Å². The van der Waals surface area contributed by atoms with Gasteiger partial charge in [0, 0.05) is 32.5 Å². The van der Waals surface area contributed by atoms with E-state index in [0.717, 1.165) is 44.0 Å². The highest BCUT2D eigenvalue weighted by atomic mass is 16.5. The number of rotatable bonds is 4. The lowest BCUT2D eigenvalue weighted by Gasteiger charge is -2.31. The smallest absolute Gasteiger partial charge is 0.314 e. The maximum atomic E-state index is 12.8. The summed E-state index contributed by atoms with van der Waals surface area (Å²) in [5, 5.41) is 0. The van der Waals surface area contributed by atoms with Gasteiger partial charge in [-0.25, -0.2) is 0 Å². The summed E-state index contributed by atoms with van der Waals surface area (Å²) in [5.74, 6) is 1.86. The van der Waals surface area contributed by atoms with Crippen molar-refractivity contribution in [2.75, 3.05) is 32.8 Å². The van der Waals surface area contributed by atoms with Crippen molar-refractivity contribution in [3.8, 4) is 0 Å². The van der Waals surface area contributed by atoms with Crippen LogP contribution < -0.4 is 0 Å². The molecule has 25 heavy (non-hydrogen) atoms. The van der Waals surface area contributed by atoms with Crippen LogP contribution in [0.3, 0.4) is 0 Å². The van der Waals surface area contributed by atoms with Crippen molar-refractivity contribution in [3.63, 3.8) is 0 Å². The minimum absolute atomic E-state index is 0.0324. The number of aryl methyl sites for hydroxylation is 1. The Morgan fingerprint density at radius 3 is 2.80 bits per heavy atom. The van der Waals surface area contributed by atoms with Crippen LogP contribution in [0.25, 0.3) is 0 Å². The molecule has 0 aliphatic carbocycles. The second-order valence-electron chi connectivity index (χ2n) is 7.32. The Morgan fingerprint density at radius 1 is 1.36 bits per heavy atom. The second kappa shape index (κ2) is 7.20. The molecule has 1 amide bonds. The van der Waals surface area contributed by atoms with Crippen molar-refractivity contribution in [1.82, 2.24) is 9.80 Å². The van der Waals surface area contributed by atoms with Gasteiger partial charge < -0.3 is 14.1 Å². The van der Waals surface area contributed by atoms with E-state index in [0.29, 0.717) is 19.7 Å². The number of fused-ring (bicyclic) bond motifs is 1. The van der Waals surface area contributed by atoms with E-state index in [1.807, 2.05) is 30.9 Å². The van der Waals surface area contributed by atoms with Crippen molar-refractivity contribution in [3.05, 3.63) is 23.7 Å². The normalized spacial score (nSPS) is 27.0. The van der Waals surface area contributed by atoms with E-state index in [-0.39, 0.29) is 17.8 Å². The molecule has 1 aromatic rings. The number of likely N-dealkylation sites (tertiary alicyclic amines) is 2. The van der Waals surface area contributed by atoms with Crippen LogP contribution in [-0.2, 0) is 20.9 Å². The Labute approximate surface area is 149 Å². The van der Waals surface area contributed by atoms with Crippen LogP contribution >= 0.6 is 0 Å². The fraction of sp³-hybridized carbons (Fsp3) is 0.684. The van der Waals surface area contributed by atoms with Crippen molar-refractivity contribution in [2.45, 2.75) is 40.2 Å². The molecule has 6 nitrogen and oxygen atoms in total. The Hall–Kier alpha value is -1.82. The number of hydrogen-bond acceptors (Lipinski definition) is 5. The highest BCUT2D eigenvalue weighted by Crippen LogP contribution is 2.44. The summed E-state index contributed by atoms with van der Waals surface area (Å²) in [6.45, 7) is 9.30. The third-order valence-corrected chi connectivity index (χ3v) is 5.57. The summed E-state index contributed by atoms with van der Waals surface area (Å²) in [4.78, 5) is 28.9. The lowest BCUT2D eigenvalue weighted by Crippen LogP contribution is -2.42. The summed E-state index contributed by atoms with van der Waals surface area (Å²) < 4.78 is 11.1. The molecule has 1 aromatic heterocycles. The van der Waals surface area contributed by atoms with E-state index in [2.05, 4.69) is 4.90 Å². The summed E-state index contributed by atoms with van der Waals surface area (Å²) in [6.07, 6.45) is 1.69. The Balaban J connectivity index is 1.79. The predicted octanol–water partition coefficient (Wildman–Crippen LogP) is 2.21. The number of nitrogens with zero attached hydrogens (tertiary/aromatic N) is 2. The molecule has 0 unspecified atom stereocenters. The fourth-order valence-electron chi connectivity index (χ4n) is 4.29. The molecule has 0 aromatic carbocycles. The zero-order valence-electron chi connectivity index (χ0n) is 15.4. The first-order valence-corrected chi connectivity index (χ1v) is 9.15. The van der Waals surface area contributed by atoms with Crippen molar-refractivity contribution >= 4 is 11.9 Å². The molecule has 2 aliphatic heterocycles. The van der Waals surface area contributed by atoms with Gasteiger partial charge in [0.15, 0.2) is 0 Å². The van der Waals surface area contributed by atoms with Gasteiger partial charge >= 0.3 is 5.97 Å². The van der Waals surface area contributed by atoms with Gasteiger partial charge in [-0.2, -0.15) is 0 Å². The second-order valence-corrected chi connectivity index (χ2v) is 7.32. The molecular formula is C19H28N2O4. The third-order valence-electron chi connectivity index (χ3n) is 5.57. The predicted molar refractivity (Wildman–Crippen MR) is 92.8 cm³/mol. The summed E-state index contributed by atoms with van der Waals surface area (Å²) in [7, 11) is 0. The lowest BCUT2D eigenvalue weighted by molar-refractivity contribution is -0.157. The van der Waals surface area contributed by atoms with E-state index in [1.165, 1.54) is 0 Å². The first-order chi connectivity index (χ1) is 11.9. The van der Waals surface area contributed by atoms with Crippen molar-refractivity contribution < 1.29 is 18.7 Å². The molecule has 6 heteroatoms. The van der Waals surface area contributed by atoms with Crippen molar-refractivity contribution in [1.29, 1.82) is 0 Å². The SMILES string of the molecule is CCOC(=O)[C@@]12CCCN(Cc3ccc(C)o3)C[C@@H]1CN(C(C)=O)C2. The van der Waals surface area contributed by atoms with Crippen LogP contribution in [0.5, 0.6) is 0 Å². The minimum atomic E-state index is -0.560. The maximum Gasteiger partial charge on any atom is 0.314 e. The number of esters is 1. The quantitative estimate of drug-likeness (QED) is 0.781.